The van der Waals surface area contributed by atoms with E-state index in [1.807, 2.05) is 6.07 Å². The van der Waals surface area contributed by atoms with E-state index in [4.69, 9.17) is 0 Å². The highest BCUT2D eigenvalue weighted by Crippen LogP contribution is 2.53. The minimum absolute atomic E-state index is 0.0744. The van der Waals surface area contributed by atoms with E-state index >= 15 is 0 Å². The van der Waals surface area contributed by atoms with Gasteiger partial charge >= 0.3 is 0 Å². The third-order valence-corrected chi connectivity index (χ3v) is 6.73. The maximum atomic E-state index is 14.3. The van der Waals surface area contributed by atoms with Crippen molar-refractivity contribution >= 4 is 12.5 Å². The van der Waals surface area contributed by atoms with Crippen LogP contribution in [0.3, 0.4) is 0 Å². The van der Waals surface area contributed by atoms with Gasteiger partial charge in [0.2, 0.25) is 0 Å². The fraction of sp³-hybridized carbons (Fsp3) is 0.680. The monoisotopic (exact) mass is 387 g/mol. The van der Waals surface area contributed by atoms with Gasteiger partial charge in [-0.15, -0.1) is 0 Å². The smallest absolute Gasteiger partial charge is 0.129 e. The summed E-state index contributed by atoms with van der Waals surface area (Å²) in [5.74, 6) is 0.118. The Hall–Kier alpha value is -1.51. The molecule has 0 heterocycles. The summed E-state index contributed by atoms with van der Waals surface area (Å²) < 4.78 is 14.3. The summed E-state index contributed by atoms with van der Waals surface area (Å²) in [5, 5.41) is 0. The van der Waals surface area contributed by atoms with Crippen LogP contribution in [-0.2, 0) is 15.7 Å². The fourth-order valence-electron chi connectivity index (χ4n) is 5.19. The van der Waals surface area contributed by atoms with Crippen molar-refractivity contribution < 1.29 is 9.18 Å². The molecule has 0 radical (unpaired) electrons. The summed E-state index contributed by atoms with van der Waals surface area (Å²) in [7, 11) is 0. The molecule has 0 fully saturated rings. The third-order valence-electron chi connectivity index (χ3n) is 6.73. The average Bonchev–Trinajstić information content (AvgIpc) is 2.68. The molecular formula is C25H38FNO. The average molecular weight is 388 g/mol. The maximum Gasteiger partial charge on any atom is 0.129 e. The summed E-state index contributed by atoms with van der Waals surface area (Å²) in [6.07, 6.45) is 12.3. The number of carbonyl (C=O) groups is 1. The van der Waals surface area contributed by atoms with Gasteiger partial charge in [0.1, 0.15) is 11.6 Å². The zero-order valence-corrected chi connectivity index (χ0v) is 18.2. The van der Waals surface area contributed by atoms with Gasteiger partial charge in [0.25, 0.3) is 0 Å². The van der Waals surface area contributed by atoms with Crippen molar-refractivity contribution in [1.82, 2.24) is 0 Å². The molecule has 1 aliphatic carbocycles. The molecule has 0 N–H and O–H groups in total. The Labute approximate surface area is 171 Å². The summed E-state index contributed by atoms with van der Waals surface area (Å²) in [4.78, 5) is 15.8. The Morgan fingerprint density at radius 2 is 1.82 bits per heavy atom. The second kappa shape index (κ2) is 10.3. The number of benzene rings is 1. The Morgan fingerprint density at radius 3 is 2.46 bits per heavy atom. The third kappa shape index (κ3) is 5.10. The van der Waals surface area contributed by atoms with Gasteiger partial charge in [0, 0.05) is 6.42 Å². The van der Waals surface area contributed by atoms with Crippen molar-refractivity contribution in [3.63, 3.8) is 0 Å². The van der Waals surface area contributed by atoms with Gasteiger partial charge in [0.05, 0.1) is 5.54 Å². The Kier molecular flexibility index (Phi) is 8.39. The molecule has 0 amide bonds. The molecular weight excluding hydrogens is 349 g/mol. The molecule has 0 aromatic heterocycles. The van der Waals surface area contributed by atoms with Crippen LogP contribution in [-0.4, -0.2) is 12.5 Å². The van der Waals surface area contributed by atoms with E-state index in [9.17, 15) is 9.18 Å². The van der Waals surface area contributed by atoms with Crippen LogP contribution < -0.4 is 0 Å². The number of Topliss-reactive ketones (excluding diaryl/α,β-unsaturated/α-hetero) is 1. The number of fused-ring (bicyclic) bond motifs is 1. The van der Waals surface area contributed by atoms with Gasteiger partial charge < -0.3 is 4.79 Å². The van der Waals surface area contributed by atoms with E-state index in [1.54, 1.807) is 19.1 Å². The van der Waals surface area contributed by atoms with Crippen LogP contribution in [0.2, 0.25) is 0 Å². The summed E-state index contributed by atoms with van der Waals surface area (Å²) in [5.41, 5.74) is 2.16. The number of hydrogen-bond donors (Lipinski definition) is 0. The molecule has 0 bridgehead atoms. The molecule has 0 aliphatic heterocycles. The minimum Gasteiger partial charge on any atom is -0.300 e. The lowest BCUT2D eigenvalue weighted by Gasteiger charge is -2.47. The molecule has 0 saturated heterocycles. The largest absolute Gasteiger partial charge is 0.300 e. The standard InChI is InChI=1S/C25H38FNO/c1-5-7-15-24(14-6-2)17-18-25(27-4,16-10-8-9-11-20(3)28)22-13-12-21(26)19-23(22)24/h12-13,19H,4-11,14-18H2,1-3H3/t24?,25-/m0/s1. The lowest BCUT2D eigenvalue weighted by molar-refractivity contribution is -0.117. The first-order valence-corrected chi connectivity index (χ1v) is 11.2. The highest BCUT2D eigenvalue weighted by molar-refractivity contribution is 5.75. The van der Waals surface area contributed by atoms with Crippen LogP contribution in [0.15, 0.2) is 23.2 Å². The zero-order valence-electron chi connectivity index (χ0n) is 18.2. The Morgan fingerprint density at radius 1 is 1.04 bits per heavy atom. The molecule has 2 nitrogen and oxygen atoms in total. The van der Waals surface area contributed by atoms with Crippen LogP contribution >= 0.6 is 0 Å². The normalized spacial score (nSPS) is 24.0. The zero-order chi connectivity index (χ0) is 20.6. The quantitative estimate of drug-likeness (QED) is 0.274. The number of aliphatic imine (C=N–C) groups is 1. The van der Waals surface area contributed by atoms with Crippen molar-refractivity contribution in [3.8, 4) is 0 Å². The predicted molar refractivity (Wildman–Crippen MR) is 117 cm³/mol. The molecule has 156 valence electrons. The van der Waals surface area contributed by atoms with Gasteiger partial charge in [-0.3, -0.25) is 4.99 Å². The van der Waals surface area contributed by atoms with Crippen molar-refractivity contribution in [3.05, 3.63) is 35.1 Å². The topological polar surface area (TPSA) is 29.4 Å². The highest BCUT2D eigenvalue weighted by Gasteiger charge is 2.45. The lowest BCUT2D eigenvalue weighted by Crippen LogP contribution is -2.40. The number of nitrogens with zero attached hydrogens (tertiary/aromatic N) is 1. The van der Waals surface area contributed by atoms with E-state index in [0.29, 0.717) is 6.42 Å². The molecule has 3 heteroatoms. The second-order valence-electron chi connectivity index (χ2n) is 8.78. The van der Waals surface area contributed by atoms with Gasteiger partial charge in [-0.25, -0.2) is 4.39 Å². The number of unbranched alkanes of at least 4 members (excludes halogenated alkanes) is 3. The number of hydrogen-bond acceptors (Lipinski definition) is 2. The van der Waals surface area contributed by atoms with Crippen LogP contribution in [0.4, 0.5) is 4.39 Å². The SMILES string of the molecule is C=N[C@@]1(CCCCCC(C)=O)CCC(CCC)(CCCC)c2cc(F)ccc21. The minimum atomic E-state index is -0.303. The molecule has 28 heavy (non-hydrogen) atoms. The molecule has 1 aromatic rings. The van der Waals surface area contributed by atoms with Crippen LogP contribution in [0.1, 0.15) is 109 Å². The van der Waals surface area contributed by atoms with Crippen LogP contribution in [0, 0.1) is 5.82 Å². The molecule has 1 unspecified atom stereocenters. The number of rotatable bonds is 12. The number of carbonyl (C=O) groups excluding carboxylic acids is 1. The molecule has 1 aliphatic rings. The highest BCUT2D eigenvalue weighted by atomic mass is 19.1. The Balaban J connectivity index is 2.32. The first kappa shape index (κ1) is 22.8. The molecule has 0 spiro atoms. The van der Waals surface area contributed by atoms with Crippen LogP contribution in [0.25, 0.3) is 0 Å². The van der Waals surface area contributed by atoms with Crippen molar-refractivity contribution in [2.24, 2.45) is 4.99 Å². The van der Waals surface area contributed by atoms with E-state index in [-0.39, 0.29) is 22.6 Å². The predicted octanol–water partition coefficient (Wildman–Crippen LogP) is 7.28. The summed E-state index contributed by atoms with van der Waals surface area (Å²) in [6.45, 7) is 10.1. The summed E-state index contributed by atoms with van der Waals surface area (Å²) >= 11 is 0. The second-order valence-corrected chi connectivity index (χ2v) is 8.78. The van der Waals surface area contributed by atoms with Crippen molar-refractivity contribution in [2.45, 2.75) is 109 Å². The fourth-order valence-corrected chi connectivity index (χ4v) is 5.19. The van der Waals surface area contributed by atoms with E-state index in [1.165, 1.54) is 17.5 Å². The van der Waals surface area contributed by atoms with Gasteiger partial charge in [0.15, 0.2) is 0 Å². The molecule has 2 atom stereocenters. The first-order chi connectivity index (χ1) is 13.4. The first-order valence-electron chi connectivity index (χ1n) is 11.2. The van der Waals surface area contributed by atoms with Crippen molar-refractivity contribution in [2.75, 3.05) is 0 Å². The molecule has 2 rings (SSSR count). The van der Waals surface area contributed by atoms with E-state index in [0.717, 1.165) is 64.2 Å². The maximum absolute atomic E-state index is 14.3. The summed E-state index contributed by atoms with van der Waals surface area (Å²) in [6, 6.07) is 5.36. The van der Waals surface area contributed by atoms with E-state index in [2.05, 4.69) is 25.6 Å². The molecule has 1 aromatic carbocycles. The van der Waals surface area contributed by atoms with Crippen molar-refractivity contribution in [1.29, 1.82) is 0 Å². The molecule has 0 saturated carbocycles. The van der Waals surface area contributed by atoms with Crippen LogP contribution in [0.5, 0.6) is 0 Å². The van der Waals surface area contributed by atoms with Gasteiger partial charge in [-0.2, -0.15) is 0 Å². The number of ketones is 1. The lowest BCUT2D eigenvalue weighted by atomic mass is 9.59. The van der Waals surface area contributed by atoms with E-state index < -0.39 is 0 Å². The van der Waals surface area contributed by atoms with Gasteiger partial charge in [-0.1, -0.05) is 52.0 Å². The van der Waals surface area contributed by atoms with Gasteiger partial charge in [-0.05, 0) is 80.8 Å². The number of halogens is 1. The Bertz CT molecular complexity index is 671.